The molecule has 13 heavy (non-hydrogen) atoms. The third-order valence-electron chi connectivity index (χ3n) is 1.31. The van der Waals surface area contributed by atoms with E-state index in [1.54, 1.807) is 12.1 Å². The summed E-state index contributed by atoms with van der Waals surface area (Å²) in [5.74, 6) is -0.0573. The van der Waals surface area contributed by atoms with Crippen LogP contribution in [0.25, 0.3) is 0 Å². The van der Waals surface area contributed by atoms with Gasteiger partial charge in [-0.15, -0.1) is 0 Å². The van der Waals surface area contributed by atoms with Crippen molar-refractivity contribution in [1.29, 1.82) is 0 Å². The summed E-state index contributed by atoms with van der Waals surface area (Å²) in [6.45, 7) is -0.527. The third kappa shape index (κ3) is 3.37. The molecule has 6 heteroatoms. The maximum Gasteiger partial charge on any atom is 0.292 e. The molecule has 1 aromatic rings. The lowest BCUT2D eigenvalue weighted by Crippen LogP contribution is -2.29. The van der Waals surface area contributed by atoms with Gasteiger partial charge in [0.25, 0.3) is 12.5 Å². The molecule has 0 spiro atoms. The first-order valence-corrected chi connectivity index (χ1v) is 3.59. The molecule has 1 rings (SSSR count). The number of carbonyl (C=O) groups is 1. The van der Waals surface area contributed by atoms with E-state index < -0.39 is 17.4 Å². The Kier molecular flexibility index (Phi) is 3.02. The molecule has 0 saturated carbocycles. The Morgan fingerprint density at radius 2 is 2.46 bits per heavy atom. The van der Waals surface area contributed by atoms with Crippen LogP contribution in [0, 0.1) is 10.1 Å². The molecule has 1 N–H and O–H groups in total. The Hall–Kier alpha value is -1.85. The van der Waals surface area contributed by atoms with E-state index in [0.29, 0.717) is 5.76 Å². The van der Waals surface area contributed by atoms with Crippen LogP contribution in [0.15, 0.2) is 22.8 Å². The third-order valence-corrected chi connectivity index (χ3v) is 1.31. The maximum atomic E-state index is 10.8. The molecule has 0 aliphatic rings. The van der Waals surface area contributed by atoms with Gasteiger partial charge in [-0.25, -0.2) is 0 Å². The molecular formula is C7H8N2O4. The van der Waals surface area contributed by atoms with Crippen LogP contribution in [0.3, 0.4) is 0 Å². The zero-order valence-electron chi connectivity index (χ0n) is 6.73. The molecule has 0 fully saturated rings. The minimum absolute atomic E-state index is 0.180. The minimum atomic E-state index is -0.708. The molecule has 0 aromatic carbocycles. The highest BCUT2D eigenvalue weighted by atomic mass is 16.6. The first-order chi connectivity index (χ1) is 6.18. The Labute approximate surface area is 73.7 Å². The Morgan fingerprint density at radius 1 is 1.69 bits per heavy atom. The van der Waals surface area contributed by atoms with E-state index in [4.69, 9.17) is 4.42 Å². The highest BCUT2D eigenvalue weighted by Gasteiger charge is 2.08. The molecule has 1 heterocycles. The fraction of sp³-hybridized carbons (Fsp3) is 0.286. The van der Waals surface area contributed by atoms with Gasteiger partial charge in [0.15, 0.2) is 0 Å². The van der Waals surface area contributed by atoms with Gasteiger partial charge in [-0.1, -0.05) is 0 Å². The summed E-state index contributed by atoms with van der Waals surface area (Å²) in [5.41, 5.74) is 0. The summed E-state index contributed by atoms with van der Waals surface area (Å²) < 4.78 is 4.90. The first kappa shape index (κ1) is 9.24. The zero-order valence-corrected chi connectivity index (χ0v) is 6.73. The molecule has 1 amide bonds. The van der Waals surface area contributed by atoms with Gasteiger partial charge >= 0.3 is 0 Å². The SMILES string of the molecule is O=C(C[N+](=O)[O-])NCc1ccco1. The van der Waals surface area contributed by atoms with E-state index in [2.05, 4.69) is 5.32 Å². The maximum absolute atomic E-state index is 10.8. The lowest BCUT2D eigenvalue weighted by atomic mass is 10.4. The van der Waals surface area contributed by atoms with Gasteiger partial charge < -0.3 is 9.73 Å². The molecule has 0 aliphatic carbocycles. The minimum Gasteiger partial charge on any atom is -0.467 e. The summed E-state index contributed by atoms with van der Waals surface area (Å²) in [4.78, 5) is 20.0. The van der Waals surface area contributed by atoms with Crippen LogP contribution < -0.4 is 5.32 Å². The first-order valence-electron chi connectivity index (χ1n) is 3.59. The number of hydrogen-bond donors (Lipinski definition) is 1. The van der Waals surface area contributed by atoms with Crippen molar-refractivity contribution in [3.8, 4) is 0 Å². The smallest absolute Gasteiger partial charge is 0.292 e. The van der Waals surface area contributed by atoms with Crippen molar-refractivity contribution in [3.63, 3.8) is 0 Å². The van der Waals surface area contributed by atoms with Crippen LogP contribution in [0.5, 0.6) is 0 Å². The molecule has 1 aromatic heterocycles. The van der Waals surface area contributed by atoms with Gasteiger partial charge in [0.2, 0.25) is 0 Å². The van der Waals surface area contributed by atoms with Crippen LogP contribution in [0.4, 0.5) is 0 Å². The van der Waals surface area contributed by atoms with Crippen molar-refractivity contribution in [2.45, 2.75) is 6.54 Å². The molecule has 0 bridgehead atoms. The van der Waals surface area contributed by atoms with Crippen LogP contribution in [-0.4, -0.2) is 17.4 Å². The molecule has 6 nitrogen and oxygen atoms in total. The number of amides is 1. The lowest BCUT2D eigenvalue weighted by Gasteiger charge is -1.97. The Balaban J connectivity index is 2.27. The fourth-order valence-electron chi connectivity index (χ4n) is 0.772. The number of nitro groups is 1. The second-order valence-corrected chi connectivity index (χ2v) is 2.35. The zero-order chi connectivity index (χ0) is 9.68. The molecular weight excluding hydrogens is 176 g/mol. The number of nitrogens with zero attached hydrogens (tertiary/aromatic N) is 1. The van der Waals surface area contributed by atoms with Crippen LogP contribution in [0.2, 0.25) is 0 Å². The second-order valence-electron chi connectivity index (χ2n) is 2.35. The largest absolute Gasteiger partial charge is 0.467 e. The predicted octanol–water partition coefficient (Wildman–Crippen LogP) is 0.172. The quantitative estimate of drug-likeness (QED) is 0.534. The van der Waals surface area contributed by atoms with Crippen molar-refractivity contribution < 1.29 is 14.1 Å². The van der Waals surface area contributed by atoms with E-state index in [9.17, 15) is 14.9 Å². The van der Waals surface area contributed by atoms with Gasteiger partial charge in [0, 0.05) is 4.92 Å². The highest BCUT2D eigenvalue weighted by molar-refractivity contribution is 5.76. The van der Waals surface area contributed by atoms with Crippen molar-refractivity contribution in [2.75, 3.05) is 6.54 Å². The second kappa shape index (κ2) is 4.24. The standard InChI is InChI=1S/C7H8N2O4/c10-7(5-9(11)12)8-4-6-2-1-3-13-6/h1-3H,4-5H2,(H,8,10). The molecule has 0 unspecified atom stereocenters. The van der Waals surface area contributed by atoms with E-state index in [0.717, 1.165) is 0 Å². The molecule has 0 saturated heterocycles. The molecule has 0 aliphatic heterocycles. The van der Waals surface area contributed by atoms with Crippen molar-refractivity contribution >= 4 is 5.91 Å². The summed E-state index contributed by atoms with van der Waals surface area (Å²) >= 11 is 0. The summed E-state index contributed by atoms with van der Waals surface area (Å²) in [6, 6.07) is 3.35. The number of furan rings is 1. The molecule has 70 valence electrons. The van der Waals surface area contributed by atoms with Crippen molar-refractivity contribution in [2.24, 2.45) is 0 Å². The van der Waals surface area contributed by atoms with Crippen LogP contribution in [0.1, 0.15) is 5.76 Å². The predicted molar refractivity (Wildman–Crippen MR) is 42.4 cm³/mol. The number of nitrogens with one attached hydrogen (secondary N) is 1. The van der Waals surface area contributed by atoms with E-state index >= 15 is 0 Å². The van der Waals surface area contributed by atoms with Crippen LogP contribution >= 0.6 is 0 Å². The average Bonchev–Trinajstić information content (AvgIpc) is 2.51. The van der Waals surface area contributed by atoms with Gasteiger partial charge in [-0.2, -0.15) is 0 Å². The van der Waals surface area contributed by atoms with Crippen molar-refractivity contribution in [1.82, 2.24) is 5.32 Å². The molecule has 0 radical (unpaired) electrons. The van der Waals surface area contributed by atoms with Gasteiger partial charge in [-0.3, -0.25) is 14.9 Å². The average molecular weight is 184 g/mol. The molecule has 0 atom stereocenters. The van der Waals surface area contributed by atoms with E-state index in [1.807, 2.05) is 0 Å². The highest BCUT2D eigenvalue weighted by Crippen LogP contribution is 1.97. The summed E-state index contributed by atoms with van der Waals surface area (Å²) in [7, 11) is 0. The van der Waals surface area contributed by atoms with Crippen LogP contribution in [-0.2, 0) is 11.3 Å². The fourth-order valence-corrected chi connectivity index (χ4v) is 0.772. The Bertz CT molecular complexity index is 293. The summed E-state index contributed by atoms with van der Waals surface area (Å²) in [6.07, 6.45) is 1.47. The van der Waals surface area contributed by atoms with Gasteiger partial charge in [0.1, 0.15) is 5.76 Å². The van der Waals surface area contributed by atoms with Crippen molar-refractivity contribution in [3.05, 3.63) is 34.3 Å². The van der Waals surface area contributed by atoms with Gasteiger partial charge in [-0.05, 0) is 12.1 Å². The monoisotopic (exact) mass is 184 g/mol. The topological polar surface area (TPSA) is 85.4 Å². The number of rotatable bonds is 4. The number of hydrogen-bond acceptors (Lipinski definition) is 4. The number of carbonyl (C=O) groups excluding carboxylic acids is 1. The van der Waals surface area contributed by atoms with E-state index in [1.165, 1.54) is 6.26 Å². The lowest BCUT2D eigenvalue weighted by molar-refractivity contribution is -0.467. The van der Waals surface area contributed by atoms with Gasteiger partial charge in [0.05, 0.1) is 12.8 Å². The normalized spacial score (nSPS) is 9.54. The summed E-state index contributed by atoms with van der Waals surface area (Å²) in [5, 5.41) is 12.2. The van der Waals surface area contributed by atoms with E-state index in [-0.39, 0.29) is 6.54 Å². The Morgan fingerprint density at radius 3 is 3.00 bits per heavy atom.